The topological polar surface area (TPSA) is 85.1 Å². The second kappa shape index (κ2) is 5.82. The van der Waals surface area contributed by atoms with Gasteiger partial charge in [0.15, 0.2) is 0 Å². The smallest absolute Gasteiger partial charge is 0.263 e. The summed E-state index contributed by atoms with van der Waals surface area (Å²) in [5.41, 5.74) is 7.78. The van der Waals surface area contributed by atoms with Crippen molar-refractivity contribution >= 4 is 48.9 Å². The molecule has 0 amide bonds. The largest absolute Gasteiger partial charge is 0.398 e. The van der Waals surface area contributed by atoms with Crippen molar-refractivity contribution < 1.29 is 8.42 Å². The number of pyridine rings is 1. The van der Waals surface area contributed by atoms with Crippen LogP contribution in [0.3, 0.4) is 0 Å². The van der Waals surface area contributed by atoms with E-state index >= 15 is 0 Å². The van der Waals surface area contributed by atoms with E-state index in [1.54, 1.807) is 26.0 Å². The lowest BCUT2D eigenvalue weighted by molar-refractivity contribution is 0.601. The van der Waals surface area contributed by atoms with Crippen LogP contribution in [0.5, 0.6) is 0 Å². The third-order valence-corrected chi connectivity index (χ3v) is 5.18. The molecule has 0 spiro atoms. The van der Waals surface area contributed by atoms with E-state index < -0.39 is 10.0 Å². The van der Waals surface area contributed by atoms with Crippen molar-refractivity contribution in [3.63, 3.8) is 0 Å². The Kier molecular flexibility index (Phi) is 4.46. The molecule has 0 radical (unpaired) electrons. The van der Waals surface area contributed by atoms with Gasteiger partial charge in [-0.3, -0.25) is 4.72 Å². The number of nitrogens with two attached hydrogens (primary N) is 1. The van der Waals surface area contributed by atoms with Gasteiger partial charge in [0, 0.05) is 5.69 Å². The van der Waals surface area contributed by atoms with Gasteiger partial charge in [0.05, 0.1) is 16.4 Å². The molecule has 0 bridgehead atoms. The van der Waals surface area contributed by atoms with Crippen molar-refractivity contribution in [1.29, 1.82) is 0 Å². The van der Waals surface area contributed by atoms with Crippen LogP contribution in [0, 0.1) is 13.8 Å². The van der Waals surface area contributed by atoms with Crippen molar-refractivity contribution in [1.82, 2.24) is 4.98 Å². The highest BCUT2D eigenvalue weighted by Crippen LogP contribution is 2.29. The van der Waals surface area contributed by atoms with Crippen LogP contribution in [0.15, 0.2) is 33.8 Å². The fraction of sp³-hybridized carbons (Fsp3) is 0.154. The second-order valence-electron chi connectivity index (χ2n) is 4.51. The van der Waals surface area contributed by atoms with Crippen LogP contribution in [-0.4, -0.2) is 13.4 Å². The number of anilines is 2. The van der Waals surface area contributed by atoms with Crippen molar-refractivity contribution in [3.8, 4) is 0 Å². The summed E-state index contributed by atoms with van der Waals surface area (Å²) in [5.74, 6) is 0. The van der Waals surface area contributed by atoms with Gasteiger partial charge >= 0.3 is 0 Å². The highest BCUT2D eigenvalue weighted by atomic mass is 79.9. The Labute approximate surface area is 136 Å². The molecule has 1 aromatic heterocycles. The highest BCUT2D eigenvalue weighted by Gasteiger charge is 2.20. The fourth-order valence-electron chi connectivity index (χ4n) is 1.71. The number of halogens is 2. The molecule has 0 aliphatic rings. The van der Waals surface area contributed by atoms with Crippen LogP contribution in [-0.2, 0) is 10.0 Å². The maximum atomic E-state index is 12.4. The van der Waals surface area contributed by atoms with Gasteiger partial charge < -0.3 is 5.73 Å². The zero-order valence-electron chi connectivity index (χ0n) is 11.3. The van der Waals surface area contributed by atoms with E-state index in [0.29, 0.717) is 21.7 Å². The molecule has 8 heteroatoms. The molecule has 112 valence electrons. The van der Waals surface area contributed by atoms with Gasteiger partial charge in [-0.05, 0) is 59.6 Å². The molecule has 2 rings (SSSR count). The average Bonchev–Trinajstić information content (AvgIpc) is 2.37. The van der Waals surface area contributed by atoms with E-state index in [-0.39, 0.29) is 9.92 Å². The monoisotopic (exact) mass is 389 g/mol. The maximum absolute atomic E-state index is 12.4. The fourth-order valence-corrected chi connectivity index (χ4v) is 3.85. The predicted octanol–water partition coefficient (Wildman–Crippen LogP) is 3.50. The maximum Gasteiger partial charge on any atom is 0.263 e. The summed E-state index contributed by atoms with van der Waals surface area (Å²) >= 11 is 9.24. The third-order valence-electron chi connectivity index (χ3n) is 2.91. The van der Waals surface area contributed by atoms with E-state index in [9.17, 15) is 8.42 Å². The Morgan fingerprint density at radius 2 is 1.95 bits per heavy atom. The van der Waals surface area contributed by atoms with Crippen LogP contribution >= 0.6 is 27.5 Å². The molecule has 1 heterocycles. The second-order valence-corrected chi connectivity index (χ2v) is 7.38. The zero-order valence-corrected chi connectivity index (χ0v) is 14.5. The third kappa shape index (κ3) is 3.48. The van der Waals surface area contributed by atoms with Gasteiger partial charge in [0.2, 0.25) is 0 Å². The molecule has 2 aromatic rings. The van der Waals surface area contributed by atoms with Gasteiger partial charge in [-0.25, -0.2) is 13.4 Å². The number of aryl methyl sites for hydroxylation is 2. The van der Waals surface area contributed by atoms with Gasteiger partial charge in [-0.1, -0.05) is 11.6 Å². The normalized spacial score (nSPS) is 11.4. The summed E-state index contributed by atoms with van der Waals surface area (Å²) < 4.78 is 28.0. The molecule has 0 atom stereocenters. The predicted molar refractivity (Wildman–Crippen MR) is 88.1 cm³/mol. The van der Waals surface area contributed by atoms with Crippen molar-refractivity contribution in [2.45, 2.75) is 18.7 Å². The molecular weight excluding hydrogens is 378 g/mol. The molecule has 0 saturated carbocycles. The molecule has 0 aliphatic heterocycles. The van der Waals surface area contributed by atoms with E-state index in [1.165, 1.54) is 12.1 Å². The average molecular weight is 391 g/mol. The van der Waals surface area contributed by atoms with Gasteiger partial charge in [0.1, 0.15) is 9.50 Å². The van der Waals surface area contributed by atoms with Gasteiger partial charge in [-0.2, -0.15) is 0 Å². The number of sulfonamides is 1. The quantitative estimate of drug-likeness (QED) is 0.620. The van der Waals surface area contributed by atoms with E-state index in [0.717, 1.165) is 5.56 Å². The minimum absolute atomic E-state index is 0.0606. The van der Waals surface area contributed by atoms with Crippen molar-refractivity contribution in [3.05, 3.63) is 45.1 Å². The van der Waals surface area contributed by atoms with Crippen LogP contribution in [0.1, 0.15) is 11.3 Å². The number of aromatic nitrogens is 1. The first kappa shape index (κ1) is 16.1. The number of nitrogens with zero attached hydrogens (tertiary/aromatic N) is 1. The first-order valence-electron chi connectivity index (χ1n) is 5.92. The Balaban J connectivity index is 2.46. The summed E-state index contributed by atoms with van der Waals surface area (Å²) in [6, 6.07) is 6.14. The summed E-state index contributed by atoms with van der Waals surface area (Å²) in [6.45, 7) is 3.46. The van der Waals surface area contributed by atoms with Crippen LogP contribution in [0.25, 0.3) is 0 Å². The first-order chi connectivity index (χ1) is 9.70. The zero-order chi connectivity index (χ0) is 15.8. The van der Waals surface area contributed by atoms with Crippen molar-refractivity contribution in [2.75, 3.05) is 10.5 Å². The summed E-state index contributed by atoms with van der Waals surface area (Å²) in [6.07, 6.45) is 0. The molecule has 5 nitrogen and oxygen atoms in total. The van der Waals surface area contributed by atoms with E-state index in [4.69, 9.17) is 17.3 Å². The SMILES string of the molecule is Cc1cc(Cl)c(S(=O)(=O)Nc2ccc(Br)nc2C)cc1N. The van der Waals surface area contributed by atoms with E-state index in [2.05, 4.69) is 25.6 Å². The Bertz CT molecular complexity index is 809. The minimum atomic E-state index is -3.84. The lowest BCUT2D eigenvalue weighted by Gasteiger charge is -2.12. The molecule has 3 N–H and O–H groups in total. The molecule has 1 aromatic carbocycles. The molecule has 0 aliphatic carbocycles. The number of rotatable bonds is 3. The molecule has 21 heavy (non-hydrogen) atoms. The lowest BCUT2D eigenvalue weighted by Crippen LogP contribution is -2.15. The number of nitrogen functional groups attached to an aromatic ring is 1. The summed E-state index contributed by atoms with van der Waals surface area (Å²) in [4.78, 5) is 4.08. The highest BCUT2D eigenvalue weighted by molar-refractivity contribution is 9.10. The Morgan fingerprint density at radius 1 is 1.29 bits per heavy atom. The molecule has 0 saturated heterocycles. The lowest BCUT2D eigenvalue weighted by atomic mass is 10.2. The standard InChI is InChI=1S/C13H13BrClN3O2S/c1-7-5-9(15)12(6-10(7)16)21(19,20)18-11-3-4-13(14)17-8(11)2/h3-6,18H,16H2,1-2H3. The van der Waals surface area contributed by atoms with E-state index in [1.807, 2.05) is 0 Å². The van der Waals surface area contributed by atoms with Crippen LogP contribution < -0.4 is 10.5 Å². The number of hydrogen-bond acceptors (Lipinski definition) is 4. The minimum Gasteiger partial charge on any atom is -0.398 e. The van der Waals surface area contributed by atoms with Gasteiger partial charge in [0.25, 0.3) is 10.0 Å². The molecule has 0 fully saturated rings. The molecular formula is C13H13BrClN3O2S. The van der Waals surface area contributed by atoms with Crippen LogP contribution in [0.4, 0.5) is 11.4 Å². The number of hydrogen-bond donors (Lipinski definition) is 2. The Hall–Kier alpha value is -1.31. The Morgan fingerprint density at radius 3 is 2.57 bits per heavy atom. The summed E-state index contributed by atoms with van der Waals surface area (Å²) in [5, 5.41) is 0.122. The molecule has 0 unspecified atom stereocenters. The summed E-state index contributed by atoms with van der Waals surface area (Å²) in [7, 11) is -3.84. The van der Waals surface area contributed by atoms with Gasteiger partial charge in [-0.15, -0.1) is 0 Å². The van der Waals surface area contributed by atoms with Crippen molar-refractivity contribution in [2.24, 2.45) is 0 Å². The number of benzene rings is 1. The first-order valence-corrected chi connectivity index (χ1v) is 8.57. The van der Waals surface area contributed by atoms with Crippen LogP contribution in [0.2, 0.25) is 5.02 Å². The number of nitrogens with one attached hydrogen (secondary N) is 1.